The number of fused-ring (bicyclic) bond motifs is 5. The smallest absolute Gasteiger partial charge is 0.246 e. The standard InChI is InChI=1S/C22H17ClN2O4/c23-20-6-5-13(9-24-20)10-25-16-4-2-1-3-14(16)22(21(25)26)11-27-17-8-19-18(7-15(17)22)28-12-29-19/h1-5,7-9,20H,6,10-12H2. The number of carbonyl (C=O) groups excluding carboxylic acids is 1. The van der Waals surface area contributed by atoms with Crippen molar-refractivity contribution < 1.29 is 19.0 Å². The van der Waals surface area contributed by atoms with Crippen molar-refractivity contribution in [1.82, 2.24) is 0 Å². The fraction of sp³-hybridized carbons (Fsp3) is 0.273. The third kappa shape index (κ3) is 2.29. The number of rotatable bonds is 2. The molecule has 4 heterocycles. The Bertz CT molecular complexity index is 1110. The topological polar surface area (TPSA) is 60.4 Å². The molecule has 0 radical (unpaired) electrons. The number of aliphatic imine (C=N–C) groups is 1. The first kappa shape index (κ1) is 16.9. The van der Waals surface area contributed by atoms with Gasteiger partial charge in [0, 0.05) is 30.0 Å². The first-order chi connectivity index (χ1) is 14.2. The van der Waals surface area contributed by atoms with E-state index in [4.69, 9.17) is 25.8 Å². The van der Waals surface area contributed by atoms with E-state index in [0.717, 1.165) is 22.4 Å². The van der Waals surface area contributed by atoms with Crippen LogP contribution in [0.15, 0.2) is 53.0 Å². The molecule has 4 aliphatic rings. The maximum atomic E-state index is 13.9. The molecule has 2 unspecified atom stereocenters. The van der Waals surface area contributed by atoms with Gasteiger partial charge in [0.2, 0.25) is 12.7 Å². The number of amides is 1. The van der Waals surface area contributed by atoms with Crippen LogP contribution in [0.25, 0.3) is 0 Å². The van der Waals surface area contributed by atoms with Crippen LogP contribution in [0.4, 0.5) is 5.69 Å². The summed E-state index contributed by atoms with van der Waals surface area (Å²) >= 11 is 6.05. The van der Waals surface area contributed by atoms with Gasteiger partial charge in [-0.15, -0.1) is 0 Å². The van der Waals surface area contributed by atoms with Crippen molar-refractivity contribution in [3.8, 4) is 17.2 Å². The molecule has 0 aromatic heterocycles. The van der Waals surface area contributed by atoms with Crippen LogP contribution < -0.4 is 19.1 Å². The molecule has 0 N–H and O–H groups in total. The van der Waals surface area contributed by atoms with Gasteiger partial charge in [0.25, 0.3) is 0 Å². The van der Waals surface area contributed by atoms with Gasteiger partial charge in [-0.2, -0.15) is 0 Å². The van der Waals surface area contributed by atoms with Crippen LogP contribution in [-0.2, 0) is 10.2 Å². The zero-order chi connectivity index (χ0) is 19.6. The minimum absolute atomic E-state index is 0.00128. The van der Waals surface area contributed by atoms with E-state index >= 15 is 0 Å². The molecule has 2 atom stereocenters. The zero-order valence-electron chi connectivity index (χ0n) is 15.4. The number of halogens is 1. The minimum Gasteiger partial charge on any atom is -0.491 e. The second kappa shape index (κ2) is 6.00. The summed E-state index contributed by atoms with van der Waals surface area (Å²) < 4.78 is 17.0. The van der Waals surface area contributed by atoms with E-state index in [-0.39, 0.29) is 24.8 Å². The lowest BCUT2D eigenvalue weighted by Crippen LogP contribution is -2.43. The molecule has 0 fully saturated rings. The van der Waals surface area contributed by atoms with Crippen molar-refractivity contribution in [2.45, 2.75) is 17.3 Å². The summed E-state index contributed by atoms with van der Waals surface area (Å²) in [6.45, 7) is 0.885. The molecule has 146 valence electrons. The summed E-state index contributed by atoms with van der Waals surface area (Å²) in [6.07, 6.45) is 4.47. The molecule has 1 spiro atoms. The molecule has 7 heteroatoms. The molecule has 0 bridgehead atoms. The first-order valence-corrected chi connectivity index (χ1v) is 9.95. The molecule has 6 nitrogen and oxygen atoms in total. The van der Waals surface area contributed by atoms with E-state index in [1.165, 1.54) is 0 Å². The van der Waals surface area contributed by atoms with Crippen molar-refractivity contribution >= 4 is 29.4 Å². The highest BCUT2D eigenvalue weighted by Crippen LogP contribution is 2.55. The predicted molar refractivity (Wildman–Crippen MR) is 108 cm³/mol. The quantitative estimate of drug-likeness (QED) is 0.564. The number of ether oxygens (including phenoxy) is 3. The van der Waals surface area contributed by atoms with Gasteiger partial charge in [0.1, 0.15) is 23.3 Å². The van der Waals surface area contributed by atoms with E-state index < -0.39 is 5.41 Å². The number of dihydropyridines is 1. The van der Waals surface area contributed by atoms with Crippen LogP contribution in [0.3, 0.4) is 0 Å². The van der Waals surface area contributed by atoms with Crippen LogP contribution in [-0.4, -0.2) is 37.6 Å². The third-order valence-corrected chi connectivity index (χ3v) is 6.25. The Hall–Kier alpha value is -2.99. The SMILES string of the molecule is O=C1N(CC2=CCC(Cl)N=C2)c2ccccc2C12COc1cc3c(cc12)OCO3. The van der Waals surface area contributed by atoms with E-state index in [2.05, 4.69) is 4.99 Å². The maximum absolute atomic E-state index is 13.9. The summed E-state index contributed by atoms with van der Waals surface area (Å²) in [5, 5.41) is 0. The van der Waals surface area contributed by atoms with Crippen molar-refractivity contribution in [3.63, 3.8) is 0 Å². The van der Waals surface area contributed by atoms with Crippen LogP contribution in [0.2, 0.25) is 0 Å². The highest BCUT2D eigenvalue weighted by Gasteiger charge is 2.57. The largest absolute Gasteiger partial charge is 0.491 e. The maximum Gasteiger partial charge on any atom is 0.246 e. The van der Waals surface area contributed by atoms with Gasteiger partial charge in [-0.05, 0) is 23.3 Å². The third-order valence-electron chi connectivity index (χ3n) is 5.96. The number of para-hydroxylation sites is 1. The Morgan fingerprint density at radius 2 is 1.93 bits per heavy atom. The van der Waals surface area contributed by atoms with Crippen molar-refractivity contribution in [2.75, 3.05) is 24.8 Å². The Morgan fingerprint density at radius 3 is 2.76 bits per heavy atom. The van der Waals surface area contributed by atoms with Crippen molar-refractivity contribution in [3.05, 3.63) is 59.2 Å². The van der Waals surface area contributed by atoms with Gasteiger partial charge >= 0.3 is 0 Å². The number of carbonyl (C=O) groups is 1. The number of benzene rings is 2. The Morgan fingerprint density at radius 1 is 1.10 bits per heavy atom. The summed E-state index contributed by atoms with van der Waals surface area (Å²) in [6, 6.07) is 11.6. The van der Waals surface area contributed by atoms with Crippen molar-refractivity contribution in [2.24, 2.45) is 4.99 Å². The Balaban J connectivity index is 1.46. The number of hydrogen-bond acceptors (Lipinski definition) is 5. The van der Waals surface area contributed by atoms with E-state index in [1.807, 2.05) is 47.4 Å². The van der Waals surface area contributed by atoms with Crippen molar-refractivity contribution in [1.29, 1.82) is 0 Å². The lowest BCUT2D eigenvalue weighted by molar-refractivity contribution is -0.122. The molecule has 1 amide bonds. The van der Waals surface area contributed by atoms with E-state index in [0.29, 0.717) is 30.2 Å². The molecular weight excluding hydrogens is 392 g/mol. The number of nitrogens with zero attached hydrogens (tertiary/aromatic N) is 2. The summed E-state index contributed by atoms with van der Waals surface area (Å²) in [7, 11) is 0. The highest BCUT2D eigenvalue weighted by atomic mass is 35.5. The van der Waals surface area contributed by atoms with Gasteiger partial charge < -0.3 is 19.1 Å². The van der Waals surface area contributed by atoms with Crippen LogP contribution >= 0.6 is 11.6 Å². The monoisotopic (exact) mass is 408 g/mol. The fourth-order valence-corrected chi connectivity index (χ4v) is 4.69. The minimum atomic E-state index is -0.881. The fourth-order valence-electron chi connectivity index (χ4n) is 4.55. The lowest BCUT2D eigenvalue weighted by Gasteiger charge is -2.24. The molecule has 0 saturated heterocycles. The lowest BCUT2D eigenvalue weighted by atomic mass is 9.77. The second-order valence-electron chi connectivity index (χ2n) is 7.53. The van der Waals surface area contributed by atoms with Crippen LogP contribution in [0, 0.1) is 0 Å². The Labute approximate surface area is 172 Å². The molecular formula is C22H17ClN2O4. The molecule has 2 aromatic carbocycles. The Kier molecular flexibility index (Phi) is 3.50. The summed E-state index contributed by atoms with van der Waals surface area (Å²) in [5.74, 6) is 1.96. The average molecular weight is 409 g/mol. The number of anilines is 1. The highest BCUT2D eigenvalue weighted by molar-refractivity contribution is 6.21. The van der Waals surface area contributed by atoms with Gasteiger partial charge in [0.05, 0.1) is 6.54 Å². The summed E-state index contributed by atoms with van der Waals surface area (Å²) in [4.78, 5) is 20.0. The summed E-state index contributed by atoms with van der Waals surface area (Å²) in [5.41, 5.74) is 2.54. The van der Waals surface area contributed by atoms with Gasteiger partial charge in [-0.25, -0.2) is 0 Å². The molecule has 29 heavy (non-hydrogen) atoms. The van der Waals surface area contributed by atoms with Gasteiger partial charge in [0.15, 0.2) is 11.5 Å². The number of alkyl halides is 1. The van der Waals surface area contributed by atoms with Gasteiger partial charge in [-0.1, -0.05) is 35.9 Å². The molecule has 0 aliphatic carbocycles. The molecule has 0 saturated carbocycles. The average Bonchev–Trinajstić information content (AvgIpc) is 3.41. The second-order valence-corrected chi connectivity index (χ2v) is 8.04. The van der Waals surface area contributed by atoms with Crippen LogP contribution in [0.5, 0.6) is 17.2 Å². The first-order valence-electron chi connectivity index (χ1n) is 9.51. The van der Waals surface area contributed by atoms with E-state index in [1.54, 1.807) is 6.21 Å². The van der Waals surface area contributed by atoms with E-state index in [9.17, 15) is 4.79 Å². The van der Waals surface area contributed by atoms with Crippen LogP contribution in [0.1, 0.15) is 17.5 Å². The predicted octanol–water partition coefficient (Wildman–Crippen LogP) is 3.41. The molecule has 6 rings (SSSR count). The molecule has 2 aromatic rings. The number of hydrogen-bond donors (Lipinski definition) is 0. The van der Waals surface area contributed by atoms with Gasteiger partial charge in [-0.3, -0.25) is 9.79 Å². The normalized spacial score (nSPS) is 25.8. The molecule has 4 aliphatic heterocycles. The zero-order valence-corrected chi connectivity index (χ0v) is 16.2.